The van der Waals surface area contributed by atoms with Gasteiger partial charge in [0.2, 0.25) is 0 Å². The van der Waals surface area contributed by atoms with E-state index in [1.165, 1.54) is 18.2 Å². The van der Waals surface area contributed by atoms with Gasteiger partial charge in [-0.15, -0.1) is 0 Å². The normalized spacial score (nSPS) is 11.4. The molecule has 0 aliphatic carbocycles. The summed E-state index contributed by atoms with van der Waals surface area (Å²) in [6, 6.07) is 19.6. The fourth-order valence-electron chi connectivity index (χ4n) is 3.39. The van der Waals surface area contributed by atoms with Crippen LogP contribution in [0.15, 0.2) is 78.6 Å². The molecule has 2 aromatic carbocycles. The smallest absolute Gasteiger partial charge is 0.262 e. The molecule has 4 aromatic rings. The number of rotatable bonds is 6. The first kappa shape index (κ1) is 19.2. The van der Waals surface area contributed by atoms with Crippen molar-refractivity contribution in [2.24, 2.45) is 0 Å². The summed E-state index contributed by atoms with van der Waals surface area (Å²) >= 11 is 0. The monoisotopic (exact) mass is 398 g/mol. The van der Waals surface area contributed by atoms with Gasteiger partial charge in [0.15, 0.2) is 0 Å². The van der Waals surface area contributed by atoms with E-state index in [1.807, 2.05) is 36.5 Å². The number of para-hydroxylation sites is 1. The SMILES string of the molecule is N#CC(=Cc1cccn1-c1ccc(F)cc1)C(=O)NCCc1c[nH]c2ccccc12. The van der Waals surface area contributed by atoms with E-state index in [4.69, 9.17) is 0 Å². The maximum absolute atomic E-state index is 13.2. The third-order valence-electron chi connectivity index (χ3n) is 4.90. The molecule has 6 heteroatoms. The molecule has 148 valence electrons. The lowest BCUT2D eigenvalue weighted by molar-refractivity contribution is -0.117. The minimum atomic E-state index is -0.427. The van der Waals surface area contributed by atoms with Crippen LogP contribution >= 0.6 is 0 Å². The lowest BCUT2D eigenvalue weighted by Crippen LogP contribution is -2.26. The largest absolute Gasteiger partial charge is 0.361 e. The molecule has 0 radical (unpaired) electrons. The first-order valence-electron chi connectivity index (χ1n) is 9.54. The zero-order chi connectivity index (χ0) is 20.9. The Morgan fingerprint density at radius 1 is 1.13 bits per heavy atom. The Morgan fingerprint density at radius 2 is 1.93 bits per heavy atom. The summed E-state index contributed by atoms with van der Waals surface area (Å²) in [6.07, 6.45) is 5.92. The maximum atomic E-state index is 13.2. The standard InChI is InChI=1S/C24H19FN4O/c25-19-7-9-20(10-8-19)29-13-3-4-21(29)14-18(15-26)24(30)27-12-11-17-16-28-23-6-2-1-5-22(17)23/h1-10,13-14,16,28H,11-12H2,(H,27,30). The number of benzene rings is 2. The van der Waals surface area contributed by atoms with E-state index in [2.05, 4.69) is 10.3 Å². The molecule has 0 bridgehead atoms. The predicted octanol–water partition coefficient (Wildman–Crippen LogP) is 4.36. The van der Waals surface area contributed by atoms with Gasteiger partial charge in [-0.3, -0.25) is 4.79 Å². The minimum Gasteiger partial charge on any atom is -0.361 e. The topological polar surface area (TPSA) is 73.6 Å². The number of carbonyl (C=O) groups is 1. The quantitative estimate of drug-likeness (QED) is 0.374. The number of amides is 1. The number of aromatic amines is 1. The average molecular weight is 398 g/mol. The van der Waals surface area contributed by atoms with Crippen LogP contribution in [0.3, 0.4) is 0 Å². The van der Waals surface area contributed by atoms with E-state index in [9.17, 15) is 14.4 Å². The molecule has 0 saturated heterocycles. The Bertz CT molecular complexity index is 1260. The number of halogens is 1. The fraction of sp³-hybridized carbons (Fsp3) is 0.0833. The average Bonchev–Trinajstić information content (AvgIpc) is 3.39. The van der Waals surface area contributed by atoms with E-state index >= 15 is 0 Å². The molecule has 30 heavy (non-hydrogen) atoms. The Kier molecular flexibility index (Phi) is 5.44. The van der Waals surface area contributed by atoms with Crippen molar-refractivity contribution in [1.82, 2.24) is 14.9 Å². The second-order valence-corrected chi connectivity index (χ2v) is 6.81. The summed E-state index contributed by atoms with van der Waals surface area (Å²) in [5, 5.41) is 13.4. The maximum Gasteiger partial charge on any atom is 0.262 e. The molecule has 5 nitrogen and oxygen atoms in total. The first-order valence-corrected chi connectivity index (χ1v) is 9.54. The highest BCUT2D eigenvalue weighted by Crippen LogP contribution is 2.18. The molecule has 0 saturated carbocycles. The Hall–Kier alpha value is -4.11. The molecule has 2 aromatic heterocycles. The number of nitrogens with one attached hydrogen (secondary N) is 2. The van der Waals surface area contributed by atoms with Crippen molar-refractivity contribution in [3.63, 3.8) is 0 Å². The number of hydrogen-bond donors (Lipinski definition) is 2. The van der Waals surface area contributed by atoms with Crippen LogP contribution in [0.5, 0.6) is 0 Å². The van der Waals surface area contributed by atoms with Crippen LogP contribution in [-0.2, 0) is 11.2 Å². The molecule has 0 fully saturated rings. The molecule has 1 amide bonds. The van der Waals surface area contributed by atoms with Crippen molar-refractivity contribution >= 4 is 22.9 Å². The van der Waals surface area contributed by atoms with Crippen molar-refractivity contribution in [1.29, 1.82) is 5.26 Å². The van der Waals surface area contributed by atoms with Gasteiger partial charge in [0.05, 0.1) is 0 Å². The van der Waals surface area contributed by atoms with E-state index in [1.54, 1.807) is 35.0 Å². The highest BCUT2D eigenvalue weighted by atomic mass is 19.1. The second-order valence-electron chi connectivity index (χ2n) is 6.81. The lowest BCUT2D eigenvalue weighted by Gasteiger charge is -2.08. The third kappa shape index (κ3) is 4.01. The van der Waals surface area contributed by atoms with Crippen molar-refractivity contribution < 1.29 is 9.18 Å². The minimum absolute atomic E-state index is 0.0102. The van der Waals surface area contributed by atoms with E-state index in [0.717, 1.165) is 22.2 Å². The third-order valence-corrected chi connectivity index (χ3v) is 4.90. The lowest BCUT2D eigenvalue weighted by atomic mass is 10.1. The van der Waals surface area contributed by atoms with Crippen molar-refractivity contribution in [2.75, 3.05) is 6.54 Å². The molecule has 0 spiro atoms. The summed E-state index contributed by atoms with van der Waals surface area (Å²) in [5.41, 5.74) is 3.57. The van der Waals surface area contributed by atoms with Gasteiger partial charge in [-0.2, -0.15) is 5.26 Å². The van der Waals surface area contributed by atoms with Crippen molar-refractivity contribution in [3.05, 3.63) is 95.7 Å². The number of H-pyrrole nitrogens is 1. The van der Waals surface area contributed by atoms with Gasteiger partial charge in [0.25, 0.3) is 5.91 Å². The molecular weight excluding hydrogens is 379 g/mol. The Morgan fingerprint density at radius 3 is 2.73 bits per heavy atom. The number of nitrogens with zero attached hydrogens (tertiary/aromatic N) is 2. The van der Waals surface area contributed by atoms with Gasteiger partial charge >= 0.3 is 0 Å². The van der Waals surface area contributed by atoms with Crippen LogP contribution < -0.4 is 5.32 Å². The Labute approximate surface area is 173 Å². The molecule has 0 unspecified atom stereocenters. The molecule has 4 rings (SSSR count). The van der Waals surface area contributed by atoms with Gasteiger partial charge < -0.3 is 14.9 Å². The molecular formula is C24H19FN4O. The summed E-state index contributed by atoms with van der Waals surface area (Å²) in [5.74, 6) is -0.750. The zero-order valence-electron chi connectivity index (χ0n) is 16.1. The van der Waals surface area contributed by atoms with Crippen molar-refractivity contribution in [2.45, 2.75) is 6.42 Å². The van der Waals surface area contributed by atoms with Gasteiger partial charge in [-0.05, 0) is 60.5 Å². The number of hydrogen-bond acceptors (Lipinski definition) is 2. The number of nitriles is 1. The van der Waals surface area contributed by atoms with Gasteiger partial charge in [0.1, 0.15) is 17.5 Å². The highest BCUT2D eigenvalue weighted by molar-refractivity contribution is 6.01. The van der Waals surface area contributed by atoms with Crippen LogP contribution in [0.1, 0.15) is 11.3 Å². The molecule has 2 N–H and O–H groups in total. The molecule has 0 atom stereocenters. The number of aromatic nitrogens is 2. The Balaban J connectivity index is 1.46. The summed E-state index contributed by atoms with van der Waals surface area (Å²) in [7, 11) is 0. The first-order chi connectivity index (χ1) is 14.7. The molecule has 0 aliphatic heterocycles. The molecule has 0 aliphatic rings. The van der Waals surface area contributed by atoms with Crippen LogP contribution in [0, 0.1) is 17.1 Å². The number of carbonyl (C=O) groups excluding carboxylic acids is 1. The zero-order valence-corrected chi connectivity index (χ0v) is 16.1. The second kappa shape index (κ2) is 8.50. The van der Waals surface area contributed by atoms with Gasteiger partial charge in [0, 0.05) is 41.2 Å². The summed E-state index contributed by atoms with van der Waals surface area (Å²) < 4.78 is 15.0. The molecule has 2 heterocycles. The summed E-state index contributed by atoms with van der Waals surface area (Å²) in [4.78, 5) is 15.7. The van der Waals surface area contributed by atoms with Gasteiger partial charge in [-0.1, -0.05) is 18.2 Å². The van der Waals surface area contributed by atoms with E-state index < -0.39 is 5.91 Å². The van der Waals surface area contributed by atoms with Crippen LogP contribution in [0.25, 0.3) is 22.7 Å². The van der Waals surface area contributed by atoms with Gasteiger partial charge in [-0.25, -0.2) is 4.39 Å². The highest BCUT2D eigenvalue weighted by Gasteiger charge is 2.11. The summed E-state index contributed by atoms with van der Waals surface area (Å²) in [6.45, 7) is 0.415. The fourth-order valence-corrected chi connectivity index (χ4v) is 3.39. The number of fused-ring (bicyclic) bond motifs is 1. The van der Waals surface area contributed by atoms with Crippen molar-refractivity contribution in [3.8, 4) is 11.8 Å². The van der Waals surface area contributed by atoms with Crippen LogP contribution in [0.4, 0.5) is 4.39 Å². The van der Waals surface area contributed by atoms with Crippen LogP contribution in [0.2, 0.25) is 0 Å². The predicted molar refractivity (Wildman–Crippen MR) is 114 cm³/mol. The van der Waals surface area contributed by atoms with E-state index in [-0.39, 0.29) is 11.4 Å². The van der Waals surface area contributed by atoms with E-state index in [0.29, 0.717) is 18.7 Å². The van der Waals surface area contributed by atoms with Crippen LogP contribution in [-0.4, -0.2) is 22.0 Å².